The molecule has 0 aliphatic heterocycles. The van der Waals surface area contributed by atoms with Gasteiger partial charge in [-0.05, 0) is 25.2 Å². The number of hydrogen-bond acceptors (Lipinski definition) is 2. The molecular weight excluding hydrogens is 154 g/mol. The average Bonchev–Trinajstić information content (AvgIpc) is 2.00. The molecule has 0 amide bonds. The van der Waals surface area contributed by atoms with Gasteiger partial charge in [-0.25, -0.2) is 0 Å². The van der Waals surface area contributed by atoms with E-state index in [-0.39, 0.29) is 0 Å². The molecule has 0 spiro atoms. The van der Waals surface area contributed by atoms with Crippen LogP contribution in [0.5, 0.6) is 0 Å². The second kappa shape index (κ2) is 6.47. The number of allylic oxidation sites excluding steroid dienone is 2. The first-order valence-corrected chi connectivity index (χ1v) is 4.80. The third-order valence-electron chi connectivity index (χ3n) is 1.34. The molecule has 0 saturated carbocycles. The van der Waals surface area contributed by atoms with E-state index in [2.05, 4.69) is 24.9 Å². The van der Waals surface area contributed by atoms with Crippen LogP contribution in [-0.4, -0.2) is 12.1 Å². The summed E-state index contributed by atoms with van der Waals surface area (Å²) in [5.74, 6) is 0. The van der Waals surface area contributed by atoms with Crippen molar-refractivity contribution in [1.29, 1.82) is 0 Å². The van der Waals surface area contributed by atoms with Crippen molar-refractivity contribution in [3.05, 3.63) is 11.0 Å². The van der Waals surface area contributed by atoms with Gasteiger partial charge >= 0.3 is 0 Å². The summed E-state index contributed by atoms with van der Waals surface area (Å²) in [5, 5.41) is 1.13. The monoisotopic (exact) mass is 171 g/mol. The summed E-state index contributed by atoms with van der Waals surface area (Å²) < 4.78 is 0. The van der Waals surface area contributed by atoms with E-state index in [1.165, 1.54) is 17.7 Å². The molecule has 0 unspecified atom stereocenters. The van der Waals surface area contributed by atoms with E-state index in [1.54, 1.807) is 11.8 Å². The smallest absolute Gasteiger partial charge is 0.0685 e. The van der Waals surface area contributed by atoms with E-state index >= 15 is 0 Å². The second-order valence-electron chi connectivity index (χ2n) is 2.45. The van der Waals surface area contributed by atoms with Gasteiger partial charge in [-0.15, -0.1) is 0 Å². The molecule has 64 valence electrons. The van der Waals surface area contributed by atoms with Crippen LogP contribution < -0.4 is 0 Å². The lowest BCUT2D eigenvalue weighted by Crippen LogP contribution is -1.82. The first-order valence-electron chi connectivity index (χ1n) is 3.98. The quantitative estimate of drug-likeness (QED) is 0.468. The second-order valence-corrected chi connectivity index (χ2v) is 3.89. The summed E-state index contributed by atoms with van der Waals surface area (Å²) in [6.07, 6.45) is 4.66. The summed E-state index contributed by atoms with van der Waals surface area (Å²) in [6.45, 7) is 6.36. The minimum absolute atomic E-state index is 1.13. The Labute approximate surface area is 74.0 Å². The van der Waals surface area contributed by atoms with Gasteiger partial charge in [-0.3, -0.25) is 4.99 Å². The van der Waals surface area contributed by atoms with Crippen molar-refractivity contribution in [2.45, 2.75) is 33.6 Å². The van der Waals surface area contributed by atoms with Crippen LogP contribution in [0.15, 0.2) is 16.0 Å². The fourth-order valence-electron chi connectivity index (χ4n) is 0.668. The van der Waals surface area contributed by atoms with Gasteiger partial charge in [0.1, 0.15) is 0 Å². The van der Waals surface area contributed by atoms with E-state index in [1.807, 2.05) is 14.0 Å². The minimum atomic E-state index is 1.13. The van der Waals surface area contributed by atoms with Gasteiger partial charge in [0, 0.05) is 7.05 Å². The van der Waals surface area contributed by atoms with Crippen LogP contribution in [0.3, 0.4) is 0 Å². The Morgan fingerprint density at radius 2 is 2.09 bits per heavy atom. The zero-order valence-electron chi connectivity index (χ0n) is 7.85. The lowest BCUT2D eigenvalue weighted by molar-refractivity contribution is 0.955. The van der Waals surface area contributed by atoms with Gasteiger partial charge in [-0.1, -0.05) is 31.2 Å². The zero-order valence-corrected chi connectivity index (χ0v) is 8.66. The van der Waals surface area contributed by atoms with E-state index in [0.29, 0.717) is 0 Å². The van der Waals surface area contributed by atoms with Crippen molar-refractivity contribution >= 4 is 16.8 Å². The topological polar surface area (TPSA) is 12.4 Å². The van der Waals surface area contributed by atoms with Crippen molar-refractivity contribution in [2.75, 3.05) is 7.05 Å². The number of thioether (sulfide) groups is 1. The van der Waals surface area contributed by atoms with Crippen molar-refractivity contribution in [3.8, 4) is 0 Å². The SMILES string of the molecule is CCC/C=C(/C)SC(C)=NC. The van der Waals surface area contributed by atoms with Crippen LogP contribution in [0.2, 0.25) is 0 Å². The van der Waals surface area contributed by atoms with Crippen LogP contribution >= 0.6 is 11.8 Å². The minimum Gasteiger partial charge on any atom is -0.286 e. The molecule has 0 aromatic rings. The normalized spacial score (nSPS) is 13.8. The highest BCUT2D eigenvalue weighted by atomic mass is 32.2. The Morgan fingerprint density at radius 3 is 2.55 bits per heavy atom. The summed E-state index contributed by atoms with van der Waals surface area (Å²) in [5.41, 5.74) is 0. The maximum atomic E-state index is 4.08. The molecule has 0 aliphatic carbocycles. The molecule has 0 bridgehead atoms. The third-order valence-corrected chi connectivity index (χ3v) is 2.31. The molecule has 0 saturated heterocycles. The number of nitrogens with zero attached hydrogens (tertiary/aromatic N) is 1. The molecule has 1 nitrogen and oxygen atoms in total. The summed E-state index contributed by atoms with van der Waals surface area (Å²) in [4.78, 5) is 5.43. The largest absolute Gasteiger partial charge is 0.286 e. The third kappa shape index (κ3) is 6.17. The summed E-state index contributed by atoms with van der Waals surface area (Å²) >= 11 is 1.75. The highest BCUT2D eigenvalue weighted by molar-refractivity contribution is 8.17. The van der Waals surface area contributed by atoms with E-state index in [9.17, 15) is 0 Å². The van der Waals surface area contributed by atoms with E-state index in [4.69, 9.17) is 0 Å². The number of hydrogen-bond donors (Lipinski definition) is 0. The van der Waals surface area contributed by atoms with Crippen LogP contribution in [0.25, 0.3) is 0 Å². The zero-order chi connectivity index (χ0) is 8.69. The van der Waals surface area contributed by atoms with Crippen LogP contribution in [-0.2, 0) is 0 Å². The van der Waals surface area contributed by atoms with Gasteiger partial charge in [0.05, 0.1) is 5.04 Å². The Kier molecular flexibility index (Phi) is 6.33. The van der Waals surface area contributed by atoms with E-state index in [0.717, 1.165) is 5.04 Å². The van der Waals surface area contributed by atoms with Gasteiger partial charge in [0.15, 0.2) is 0 Å². The number of unbranched alkanes of at least 4 members (excludes halogenated alkanes) is 1. The molecular formula is C9H17NS. The Bertz CT molecular complexity index is 159. The first kappa shape index (κ1) is 10.8. The first-order chi connectivity index (χ1) is 5.20. The van der Waals surface area contributed by atoms with Crippen molar-refractivity contribution in [1.82, 2.24) is 0 Å². The Morgan fingerprint density at radius 1 is 1.45 bits per heavy atom. The van der Waals surface area contributed by atoms with Crippen LogP contribution in [0.4, 0.5) is 0 Å². The van der Waals surface area contributed by atoms with Gasteiger partial charge in [0.2, 0.25) is 0 Å². The molecule has 0 aromatic carbocycles. The van der Waals surface area contributed by atoms with Crippen molar-refractivity contribution < 1.29 is 0 Å². The fourth-order valence-corrected chi connectivity index (χ4v) is 1.43. The Balaban J connectivity index is 3.76. The average molecular weight is 171 g/mol. The van der Waals surface area contributed by atoms with Crippen molar-refractivity contribution in [2.24, 2.45) is 4.99 Å². The molecule has 0 aromatic heterocycles. The maximum absolute atomic E-state index is 4.08. The highest BCUT2D eigenvalue weighted by Crippen LogP contribution is 2.17. The highest BCUT2D eigenvalue weighted by Gasteiger charge is 1.91. The van der Waals surface area contributed by atoms with E-state index < -0.39 is 0 Å². The van der Waals surface area contributed by atoms with Crippen LogP contribution in [0.1, 0.15) is 33.6 Å². The molecule has 0 aliphatic rings. The Hall–Kier alpha value is -0.240. The molecule has 0 rings (SSSR count). The van der Waals surface area contributed by atoms with Gasteiger partial charge < -0.3 is 0 Å². The number of aliphatic imine (C=N–C) groups is 1. The van der Waals surface area contributed by atoms with Gasteiger partial charge in [-0.2, -0.15) is 0 Å². The lowest BCUT2D eigenvalue weighted by Gasteiger charge is -1.98. The summed E-state index contributed by atoms with van der Waals surface area (Å²) in [7, 11) is 1.83. The lowest BCUT2D eigenvalue weighted by atomic mass is 10.3. The predicted octanol–water partition coefficient (Wildman–Crippen LogP) is 3.47. The molecule has 0 fully saturated rings. The van der Waals surface area contributed by atoms with Crippen LogP contribution in [0, 0.1) is 0 Å². The molecule has 0 atom stereocenters. The molecule has 0 N–H and O–H groups in total. The maximum Gasteiger partial charge on any atom is 0.0685 e. The number of rotatable bonds is 3. The molecule has 0 radical (unpaired) electrons. The van der Waals surface area contributed by atoms with Crippen molar-refractivity contribution in [3.63, 3.8) is 0 Å². The van der Waals surface area contributed by atoms with Gasteiger partial charge in [0.25, 0.3) is 0 Å². The molecule has 0 heterocycles. The summed E-state index contributed by atoms with van der Waals surface area (Å²) in [6, 6.07) is 0. The standard InChI is InChI=1S/C9H17NS/c1-5-6-7-8(2)11-9(3)10-4/h7H,5-6H2,1-4H3/b8-7-,10-9?. The molecule has 2 heteroatoms. The fraction of sp³-hybridized carbons (Fsp3) is 0.667. The predicted molar refractivity (Wildman–Crippen MR) is 55.3 cm³/mol. The molecule has 11 heavy (non-hydrogen) atoms.